The van der Waals surface area contributed by atoms with Gasteiger partial charge in [-0.1, -0.05) is 12.1 Å². The molecule has 1 aliphatic heterocycles. The lowest BCUT2D eigenvalue weighted by Gasteiger charge is -2.10. The molecule has 6 nitrogen and oxygen atoms in total. The van der Waals surface area contributed by atoms with Gasteiger partial charge < -0.3 is 4.81 Å². The van der Waals surface area contributed by atoms with Crippen LogP contribution in [0.1, 0.15) is 13.3 Å². The highest BCUT2D eigenvalue weighted by Crippen LogP contribution is 2.16. The predicted octanol–water partition coefficient (Wildman–Crippen LogP) is -2.76. The smallest absolute Gasteiger partial charge is 0.308 e. The first-order chi connectivity index (χ1) is 8.61. The SMILES string of the molecule is CC1CC(=O)N(Bc2cn(CBBS)nn2)C1=O. The summed E-state index contributed by atoms with van der Waals surface area (Å²) in [6.45, 7) is 1.77. The molecule has 2 amide bonds. The third kappa shape index (κ3) is 2.80. The molecule has 0 aromatic carbocycles. The van der Waals surface area contributed by atoms with Gasteiger partial charge in [0.05, 0.1) is 5.59 Å². The van der Waals surface area contributed by atoms with E-state index in [0.717, 1.165) is 20.1 Å². The maximum Gasteiger partial charge on any atom is 0.308 e. The molecule has 0 saturated carbocycles. The molecule has 0 bridgehead atoms. The molecule has 1 saturated heterocycles. The highest BCUT2D eigenvalue weighted by atomic mass is 32.1. The summed E-state index contributed by atoms with van der Waals surface area (Å²) >= 11 is 4.13. The van der Waals surface area contributed by atoms with Crippen molar-refractivity contribution in [1.82, 2.24) is 19.8 Å². The third-order valence-electron chi connectivity index (χ3n) is 2.92. The fraction of sp³-hybridized carbons (Fsp3) is 0.500. The van der Waals surface area contributed by atoms with E-state index in [1.165, 1.54) is 4.81 Å². The van der Waals surface area contributed by atoms with Gasteiger partial charge >= 0.3 is 7.41 Å². The Morgan fingerprint density at radius 1 is 1.56 bits per heavy atom. The van der Waals surface area contributed by atoms with Gasteiger partial charge in [-0.3, -0.25) is 14.3 Å². The minimum Gasteiger partial charge on any atom is -0.325 e. The summed E-state index contributed by atoms with van der Waals surface area (Å²) in [4.78, 5) is 24.6. The van der Waals surface area contributed by atoms with Crippen LogP contribution in [-0.2, 0) is 16.0 Å². The maximum atomic E-state index is 11.7. The van der Waals surface area contributed by atoms with Gasteiger partial charge in [-0.2, -0.15) is 0 Å². The van der Waals surface area contributed by atoms with E-state index in [-0.39, 0.29) is 25.1 Å². The molecule has 18 heavy (non-hydrogen) atoms. The number of thiol groups is 1. The van der Waals surface area contributed by atoms with Crippen LogP contribution in [0.5, 0.6) is 0 Å². The fourth-order valence-electron chi connectivity index (χ4n) is 1.93. The van der Waals surface area contributed by atoms with Gasteiger partial charge in [0, 0.05) is 25.0 Å². The van der Waals surface area contributed by atoms with E-state index in [4.69, 9.17) is 0 Å². The zero-order chi connectivity index (χ0) is 13.1. The van der Waals surface area contributed by atoms with Crippen molar-refractivity contribution in [2.24, 2.45) is 5.92 Å². The average Bonchev–Trinajstić information content (AvgIpc) is 2.88. The summed E-state index contributed by atoms with van der Waals surface area (Å²) in [6.07, 6.45) is 3.60. The van der Waals surface area contributed by atoms with E-state index < -0.39 is 0 Å². The number of aromatic nitrogens is 3. The Balaban J connectivity index is 1.99. The van der Waals surface area contributed by atoms with Gasteiger partial charge in [-0.15, -0.1) is 5.10 Å². The van der Waals surface area contributed by atoms with Crippen molar-refractivity contribution in [3.05, 3.63) is 6.20 Å². The maximum absolute atomic E-state index is 11.7. The molecule has 0 aliphatic carbocycles. The molecule has 2 heterocycles. The summed E-state index contributed by atoms with van der Waals surface area (Å²) in [7, 11) is 1.13. The van der Waals surface area contributed by atoms with Crippen LogP contribution in [0, 0.1) is 5.92 Å². The lowest BCUT2D eigenvalue weighted by atomic mass is 9.54. The highest BCUT2D eigenvalue weighted by Gasteiger charge is 2.36. The number of rotatable bonds is 5. The Kier molecular flexibility index (Phi) is 4.16. The van der Waals surface area contributed by atoms with Crippen molar-refractivity contribution in [3.8, 4) is 0 Å². The number of carbonyl (C=O) groups is 2. The van der Waals surface area contributed by atoms with E-state index in [0.29, 0.717) is 12.0 Å². The monoisotopic (exact) mass is 262 g/mol. The number of nitrogens with zero attached hydrogens (tertiary/aromatic N) is 4. The predicted molar refractivity (Wildman–Crippen MR) is 75.7 cm³/mol. The molecule has 1 aromatic rings. The second-order valence-electron chi connectivity index (χ2n) is 4.47. The number of hydrogen-bond donors (Lipinski definition) is 1. The van der Waals surface area contributed by atoms with Crippen LogP contribution in [0.4, 0.5) is 0 Å². The molecule has 1 aromatic heterocycles. The molecule has 1 unspecified atom stereocenters. The van der Waals surface area contributed by atoms with Crippen LogP contribution in [0.25, 0.3) is 0 Å². The molecule has 1 fully saturated rings. The Morgan fingerprint density at radius 2 is 2.33 bits per heavy atom. The van der Waals surface area contributed by atoms with Crippen molar-refractivity contribution in [1.29, 1.82) is 0 Å². The minimum absolute atomic E-state index is 0.120. The molecule has 2 rings (SSSR count). The molecule has 1 atom stereocenters. The summed E-state index contributed by atoms with van der Waals surface area (Å²) in [6, 6.07) is 0. The Morgan fingerprint density at radius 3 is 2.94 bits per heavy atom. The largest absolute Gasteiger partial charge is 0.325 e. The van der Waals surface area contributed by atoms with Crippen molar-refractivity contribution in [2.45, 2.75) is 19.8 Å². The van der Waals surface area contributed by atoms with Crippen molar-refractivity contribution in [2.75, 3.05) is 0 Å². The summed E-state index contributed by atoms with van der Waals surface area (Å²) in [5.41, 5.74) is 0.643. The lowest BCUT2D eigenvalue weighted by Crippen LogP contribution is -2.41. The van der Waals surface area contributed by atoms with E-state index in [9.17, 15) is 9.59 Å². The fourth-order valence-corrected chi connectivity index (χ4v) is 2.07. The lowest BCUT2D eigenvalue weighted by molar-refractivity contribution is -0.133. The Labute approximate surface area is 113 Å². The second-order valence-corrected chi connectivity index (χ2v) is 4.92. The average molecular weight is 262 g/mol. The summed E-state index contributed by atoms with van der Waals surface area (Å²) in [5.74, 6) is -0.459. The molecular weight excluding hydrogens is 249 g/mol. The van der Waals surface area contributed by atoms with Gasteiger partial charge in [-0.05, 0) is 0 Å². The standard InChI is InChI=1S/C8H13B3N4O2S/c1-5-2-7(16)15(8(5)17)10-6-3-14(13-12-6)4-9-11-18/h3,5,9-11,18H,2,4H2,1H3. The summed E-state index contributed by atoms with van der Waals surface area (Å²) in [5, 5.41) is 7.92. The van der Waals surface area contributed by atoms with Crippen LogP contribution < -0.4 is 5.59 Å². The minimum atomic E-state index is -0.211. The van der Waals surface area contributed by atoms with Gasteiger partial charge in [-0.25, -0.2) is 12.5 Å². The van der Waals surface area contributed by atoms with Gasteiger partial charge in [0.15, 0.2) is 6.45 Å². The van der Waals surface area contributed by atoms with E-state index >= 15 is 0 Å². The van der Waals surface area contributed by atoms with Crippen LogP contribution in [0.2, 0.25) is 0 Å². The molecule has 10 heteroatoms. The Bertz CT molecular complexity index is 469. The van der Waals surface area contributed by atoms with Gasteiger partial charge in [0.25, 0.3) is 0 Å². The first kappa shape index (κ1) is 13.3. The number of carbonyl (C=O) groups excluding carboxylic acids is 2. The van der Waals surface area contributed by atoms with Gasteiger partial charge in [0.1, 0.15) is 7.17 Å². The first-order valence-electron chi connectivity index (χ1n) is 5.96. The van der Waals surface area contributed by atoms with Gasteiger partial charge in [0.2, 0.25) is 11.8 Å². The van der Waals surface area contributed by atoms with E-state index in [2.05, 4.69) is 22.8 Å². The zero-order valence-electron chi connectivity index (χ0n) is 10.2. The van der Waals surface area contributed by atoms with Crippen LogP contribution in [0.3, 0.4) is 0 Å². The molecule has 0 spiro atoms. The van der Waals surface area contributed by atoms with E-state index in [1.807, 2.05) is 0 Å². The molecular formula is C8H13B3N4O2S. The number of amides is 2. The van der Waals surface area contributed by atoms with Crippen LogP contribution >= 0.6 is 12.5 Å². The summed E-state index contributed by atoms with van der Waals surface area (Å²) < 4.78 is 1.71. The van der Waals surface area contributed by atoms with Crippen molar-refractivity contribution >= 4 is 50.9 Å². The number of imide groups is 1. The Hall–Kier alpha value is -1.18. The van der Waals surface area contributed by atoms with Crippen LogP contribution in [-0.4, -0.2) is 52.7 Å². The third-order valence-corrected chi connectivity index (χ3v) is 3.24. The normalized spacial score (nSPS) is 19.2. The number of hydrogen-bond acceptors (Lipinski definition) is 5. The zero-order valence-corrected chi connectivity index (χ0v) is 11.1. The van der Waals surface area contributed by atoms with E-state index in [1.54, 1.807) is 17.8 Å². The molecule has 0 radical (unpaired) electrons. The highest BCUT2D eigenvalue weighted by molar-refractivity contribution is 8.12. The molecule has 0 N–H and O–H groups in total. The van der Waals surface area contributed by atoms with Crippen molar-refractivity contribution < 1.29 is 9.59 Å². The van der Waals surface area contributed by atoms with Crippen molar-refractivity contribution in [3.63, 3.8) is 0 Å². The topological polar surface area (TPSA) is 68.1 Å². The van der Waals surface area contributed by atoms with Crippen LogP contribution in [0.15, 0.2) is 6.20 Å². The first-order valence-corrected chi connectivity index (χ1v) is 6.59. The molecule has 1 aliphatic rings. The quantitative estimate of drug-likeness (QED) is 0.354. The second kappa shape index (κ2) is 5.64. The molecule has 92 valence electrons.